The van der Waals surface area contributed by atoms with Crippen LogP contribution in [0.25, 0.3) is 0 Å². The molecule has 0 saturated heterocycles. The van der Waals surface area contributed by atoms with Crippen molar-refractivity contribution in [1.29, 1.82) is 0 Å². The van der Waals surface area contributed by atoms with Crippen LogP contribution in [0.15, 0.2) is 0 Å². The molecule has 0 bridgehead atoms. The first-order valence-corrected chi connectivity index (χ1v) is 4.08. The Morgan fingerprint density at radius 3 is 2.09 bits per heavy atom. The van der Waals surface area contributed by atoms with Crippen molar-refractivity contribution >= 4 is 0 Å². The number of nitrogens with zero attached hydrogens (tertiary/aromatic N) is 1. The van der Waals surface area contributed by atoms with Crippen LogP contribution in [-0.4, -0.2) is 19.0 Å². The maximum atomic E-state index is 3.12. The van der Waals surface area contributed by atoms with E-state index in [1.54, 1.807) is 0 Å². The second-order valence-corrected chi connectivity index (χ2v) is 4.24. The van der Waals surface area contributed by atoms with Crippen molar-refractivity contribution in [2.45, 2.75) is 33.6 Å². The second-order valence-electron chi connectivity index (χ2n) is 4.24. The van der Waals surface area contributed by atoms with Crippen LogP contribution in [0.4, 0.5) is 0 Å². The molecular weight excluding hydrogens is 134 g/mol. The van der Waals surface area contributed by atoms with Gasteiger partial charge in [-0.25, -0.2) is 0 Å². The Kier molecular flexibility index (Phi) is 4.03. The van der Waals surface area contributed by atoms with Crippen molar-refractivity contribution in [2.75, 3.05) is 14.1 Å². The molecule has 0 aromatic carbocycles. The lowest BCUT2D eigenvalue weighted by molar-refractivity contribution is 0.384. The van der Waals surface area contributed by atoms with Gasteiger partial charge in [0.1, 0.15) is 0 Å². The van der Waals surface area contributed by atoms with E-state index >= 15 is 0 Å². The zero-order valence-electron chi connectivity index (χ0n) is 8.36. The molecule has 64 valence electrons. The van der Waals surface area contributed by atoms with Gasteiger partial charge < -0.3 is 4.90 Å². The summed E-state index contributed by atoms with van der Waals surface area (Å²) in [5, 5.41) is 0. The smallest absolute Gasteiger partial charge is 0.0144 e. The minimum atomic E-state index is 0.418. The molecule has 0 aliphatic rings. The van der Waals surface area contributed by atoms with Gasteiger partial charge in [0.25, 0.3) is 0 Å². The zero-order valence-corrected chi connectivity index (χ0v) is 8.36. The third-order valence-corrected chi connectivity index (χ3v) is 1.30. The molecule has 0 rings (SSSR count). The molecule has 1 heteroatoms. The van der Waals surface area contributed by atoms with E-state index in [4.69, 9.17) is 0 Å². The average Bonchev–Trinajstić information content (AvgIpc) is 1.78. The van der Waals surface area contributed by atoms with Gasteiger partial charge >= 0.3 is 0 Å². The Labute approximate surface area is 70.8 Å². The topological polar surface area (TPSA) is 3.24 Å². The van der Waals surface area contributed by atoms with Gasteiger partial charge in [0.05, 0.1) is 0 Å². The number of hydrogen-bond acceptors (Lipinski definition) is 1. The predicted molar refractivity (Wildman–Crippen MR) is 50.2 cm³/mol. The normalized spacial score (nSPS) is 10.3. The van der Waals surface area contributed by atoms with Gasteiger partial charge in [0.2, 0.25) is 0 Å². The van der Waals surface area contributed by atoms with Gasteiger partial charge in [0.15, 0.2) is 0 Å². The van der Waals surface area contributed by atoms with E-state index in [9.17, 15) is 0 Å². The Morgan fingerprint density at radius 1 is 1.18 bits per heavy atom. The van der Waals surface area contributed by atoms with Crippen LogP contribution in [0.1, 0.15) is 33.6 Å². The SMILES string of the molecule is CN(C)C#CCCC(C)(C)C. The van der Waals surface area contributed by atoms with Gasteiger partial charge in [-0.15, -0.1) is 0 Å². The molecule has 0 aromatic heterocycles. The van der Waals surface area contributed by atoms with E-state index in [0.29, 0.717) is 5.41 Å². The molecule has 0 aliphatic carbocycles. The third-order valence-electron chi connectivity index (χ3n) is 1.30. The molecule has 1 nitrogen and oxygen atoms in total. The summed E-state index contributed by atoms with van der Waals surface area (Å²) in [5.74, 6) is 3.12. The van der Waals surface area contributed by atoms with E-state index in [1.807, 2.05) is 19.0 Å². The molecule has 0 radical (unpaired) electrons. The van der Waals surface area contributed by atoms with Crippen LogP contribution in [0.3, 0.4) is 0 Å². The van der Waals surface area contributed by atoms with Crippen LogP contribution in [0, 0.1) is 17.4 Å². The molecule has 0 saturated carbocycles. The van der Waals surface area contributed by atoms with Crippen LogP contribution < -0.4 is 0 Å². The quantitative estimate of drug-likeness (QED) is 0.413. The molecule has 0 aromatic rings. The number of rotatable bonds is 1. The molecule has 11 heavy (non-hydrogen) atoms. The molecule has 0 spiro atoms. The number of hydrogen-bond donors (Lipinski definition) is 0. The Balaban J connectivity index is 3.52. The fourth-order valence-electron chi connectivity index (χ4n) is 0.652. The van der Waals surface area contributed by atoms with Crippen molar-refractivity contribution in [3.63, 3.8) is 0 Å². The molecule has 0 unspecified atom stereocenters. The van der Waals surface area contributed by atoms with E-state index in [1.165, 1.54) is 6.42 Å². The van der Waals surface area contributed by atoms with E-state index in [2.05, 4.69) is 32.7 Å². The van der Waals surface area contributed by atoms with E-state index in [0.717, 1.165) is 6.42 Å². The molecule has 0 aliphatic heterocycles. The van der Waals surface area contributed by atoms with Crippen LogP contribution in [-0.2, 0) is 0 Å². The zero-order chi connectivity index (χ0) is 8.91. The summed E-state index contributed by atoms with van der Waals surface area (Å²) in [6.07, 6.45) is 2.18. The van der Waals surface area contributed by atoms with Gasteiger partial charge in [-0.2, -0.15) is 0 Å². The van der Waals surface area contributed by atoms with Crippen molar-refractivity contribution in [3.05, 3.63) is 0 Å². The minimum Gasteiger partial charge on any atom is -0.339 e. The molecular formula is C10H19N. The van der Waals surface area contributed by atoms with Crippen LogP contribution in [0.5, 0.6) is 0 Å². The van der Waals surface area contributed by atoms with Gasteiger partial charge in [-0.1, -0.05) is 26.7 Å². The summed E-state index contributed by atoms with van der Waals surface area (Å²) in [7, 11) is 3.92. The standard InChI is InChI=1S/C10H19N/c1-10(2,3)8-6-7-9-11(4)5/h6,8H2,1-5H3. The first kappa shape index (κ1) is 10.4. The van der Waals surface area contributed by atoms with Crippen molar-refractivity contribution < 1.29 is 0 Å². The Bertz CT molecular complexity index is 152. The van der Waals surface area contributed by atoms with Crippen molar-refractivity contribution in [1.82, 2.24) is 4.90 Å². The Morgan fingerprint density at radius 2 is 1.73 bits per heavy atom. The summed E-state index contributed by atoms with van der Waals surface area (Å²) in [6, 6.07) is 3.00. The summed E-state index contributed by atoms with van der Waals surface area (Å²) in [6.45, 7) is 6.72. The van der Waals surface area contributed by atoms with Crippen molar-refractivity contribution in [3.8, 4) is 12.0 Å². The highest BCUT2D eigenvalue weighted by atomic mass is 15.0. The molecule has 0 amide bonds. The van der Waals surface area contributed by atoms with Crippen LogP contribution >= 0.6 is 0 Å². The summed E-state index contributed by atoms with van der Waals surface area (Å²) in [5.41, 5.74) is 0.418. The average molecular weight is 153 g/mol. The van der Waals surface area contributed by atoms with E-state index < -0.39 is 0 Å². The third kappa shape index (κ3) is 9.36. The second kappa shape index (κ2) is 4.28. The highest BCUT2D eigenvalue weighted by Crippen LogP contribution is 2.19. The fraction of sp³-hybridized carbons (Fsp3) is 0.800. The largest absolute Gasteiger partial charge is 0.339 e. The molecule has 0 fully saturated rings. The maximum absolute atomic E-state index is 3.12. The monoisotopic (exact) mass is 153 g/mol. The van der Waals surface area contributed by atoms with Crippen molar-refractivity contribution in [2.24, 2.45) is 5.41 Å². The molecule has 0 atom stereocenters. The maximum Gasteiger partial charge on any atom is 0.0144 e. The Hall–Kier alpha value is -0.640. The van der Waals surface area contributed by atoms with Gasteiger partial charge in [0, 0.05) is 26.6 Å². The summed E-state index contributed by atoms with van der Waals surface area (Å²) >= 11 is 0. The summed E-state index contributed by atoms with van der Waals surface area (Å²) in [4.78, 5) is 1.89. The van der Waals surface area contributed by atoms with Gasteiger partial charge in [-0.05, 0) is 11.8 Å². The lowest BCUT2D eigenvalue weighted by atomic mass is 9.91. The minimum absolute atomic E-state index is 0.418. The van der Waals surface area contributed by atoms with Gasteiger partial charge in [-0.3, -0.25) is 0 Å². The van der Waals surface area contributed by atoms with E-state index in [-0.39, 0.29) is 0 Å². The highest BCUT2D eigenvalue weighted by molar-refractivity contribution is 4.96. The first-order valence-electron chi connectivity index (χ1n) is 4.08. The lowest BCUT2D eigenvalue weighted by Gasteiger charge is -2.15. The highest BCUT2D eigenvalue weighted by Gasteiger charge is 2.07. The first-order chi connectivity index (χ1) is 4.92. The molecule has 0 heterocycles. The lowest BCUT2D eigenvalue weighted by Crippen LogP contribution is -2.04. The summed E-state index contributed by atoms with van der Waals surface area (Å²) < 4.78 is 0. The fourth-order valence-corrected chi connectivity index (χ4v) is 0.652. The molecule has 0 N–H and O–H groups in total. The predicted octanol–water partition coefficient (Wildman–Crippen LogP) is 2.34. The van der Waals surface area contributed by atoms with Crippen LogP contribution in [0.2, 0.25) is 0 Å².